The lowest BCUT2D eigenvalue weighted by Crippen LogP contribution is -2.44. The Labute approximate surface area is 148 Å². The Kier molecular flexibility index (Phi) is 4.67. The van der Waals surface area contributed by atoms with Crippen molar-refractivity contribution in [3.8, 4) is 0 Å². The molecule has 0 saturated carbocycles. The molecule has 3 aromatic rings. The molecule has 3 rings (SSSR count). The van der Waals surface area contributed by atoms with E-state index in [1.54, 1.807) is 36.4 Å². The van der Waals surface area contributed by atoms with Gasteiger partial charge in [-0.25, -0.2) is 13.2 Å². The highest BCUT2D eigenvalue weighted by molar-refractivity contribution is 5.98. The minimum absolute atomic E-state index is 0.00215. The highest BCUT2D eigenvalue weighted by Crippen LogP contribution is 2.39. The zero-order valence-corrected chi connectivity index (χ0v) is 13.7. The van der Waals surface area contributed by atoms with E-state index in [1.165, 1.54) is 36.4 Å². The van der Waals surface area contributed by atoms with Crippen molar-refractivity contribution < 1.29 is 13.2 Å². The fourth-order valence-electron chi connectivity index (χ4n) is 3.14. The molecule has 0 fully saturated rings. The molecule has 0 aliphatic carbocycles. The third-order valence-corrected chi connectivity index (χ3v) is 4.35. The standard InChI is InChI=1S/C20H16F3N3/c21-16-7-1-13(2-8-16)20(19(24)26-25,14-3-9-17(22)10-4-14)15-5-11-18(23)12-6-15/h1-12H,25H2,(H2,24,26). The Morgan fingerprint density at radius 3 is 1.12 bits per heavy atom. The lowest BCUT2D eigenvalue weighted by atomic mass is 9.68. The van der Waals surface area contributed by atoms with Crippen LogP contribution in [0.3, 0.4) is 0 Å². The second kappa shape index (κ2) is 6.92. The number of amidine groups is 1. The number of rotatable bonds is 4. The van der Waals surface area contributed by atoms with Crippen molar-refractivity contribution in [3.05, 3.63) is 107 Å². The average Bonchev–Trinajstić information content (AvgIpc) is 2.66. The van der Waals surface area contributed by atoms with Crippen LogP contribution in [-0.2, 0) is 5.41 Å². The van der Waals surface area contributed by atoms with E-state index in [4.69, 9.17) is 11.6 Å². The number of benzene rings is 3. The topological polar surface area (TPSA) is 64.4 Å². The van der Waals surface area contributed by atoms with Crippen LogP contribution in [0.2, 0.25) is 0 Å². The molecular weight excluding hydrogens is 339 g/mol. The van der Waals surface area contributed by atoms with Gasteiger partial charge < -0.3 is 11.6 Å². The van der Waals surface area contributed by atoms with Crippen LogP contribution in [-0.4, -0.2) is 5.84 Å². The second-order valence-corrected chi connectivity index (χ2v) is 5.79. The van der Waals surface area contributed by atoms with Gasteiger partial charge in [0.25, 0.3) is 0 Å². The zero-order chi connectivity index (χ0) is 18.7. The van der Waals surface area contributed by atoms with Crippen molar-refractivity contribution in [2.24, 2.45) is 16.7 Å². The van der Waals surface area contributed by atoms with E-state index in [-0.39, 0.29) is 5.84 Å². The van der Waals surface area contributed by atoms with E-state index in [0.717, 1.165) is 0 Å². The Morgan fingerprint density at radius 1 is 0.615 bits per heavy atom. The largest absolute Gasteiger partial charge is 0.384 e. The Hall–Kier alpha value is -3.28. The number of nitrogens with two attached hydrogens (primary N) is 2. The summed E-state index contributed by atoms with van der Waals surface area (Å²) in [5, 5.41) is 3.67. The maximum Gasteiger partial charge on any atom is 0.139 e. The molecule has 0 aliphatic rings. The lowest BCUT2D eigenvalue weighted by Gasteiger charge is -2.35. The van der Waals surface area contributed by atoms with Gasteiger partial charge in [-0.05, 0) is 53.1 Å². The third kappa shape index (κ3) is 2.90. The van der Waals surface area contributed by atoms with Gasteiger partial charge in [-0.15, -0.1) is 0 Å². The van der Waals surface area contributed by atoms with Crippen LogP contribution in [0.1, 0.15) is 16.7 Å². The summed E-state index contributed by atoms with van der Waals surface area (Å²) in [5.41, 5.74) is 6.65. The SMILES string of the molecule is N/N=C(\N)C(c1ccc(F)cc1)(c1ccc(F)cc1)c1ccc(F)cc1. The van der Waals surface area contributed by atoms with E-state index >= 15 is 0 Å². The van der Waals surface area contributed by atoms with Crippen LogP contribution in [0, 0.1) is 17.5 Å². The normalized spacial score (nSPS) is 12.2. The van der Waals surface area contributed by atoms with Crippen molar-refractivity contribution in [1.82, 2.24) is 0 Å². The van der Waals surface area contributed by atoms with Crippen molar-refractivity contribution in [2.75, 3.05) is 0 Å². The first-order valence-corrected chi connectivity index (χ1v) is 7.80. The number of hydrazone groups is 1. The monoisotopic (exact) mass is 355 g/mol. The van der Waals surface area contributed by atoms with Crippen LogP contribution in [0.15, 0.2) is 77.9 Å². The molecule has 3 aromatic carbocycles. The third-order valence-electron chi connectivity index (χ3n) is 4.35. The Morgan fingerprint density at radius 2 is 0.885 bits per heavy atom. The first kappa shape index (κ1) is 17.5. The maximum absolute atomic E-state index is 13.5. The summed E-state index contributed by atoms with van der Waals surface area (Å²) in [6.45, 7) is 0. The summed E-state index contributed by atoms with van der Waals surface area (Å²) < 4.78 is 40.4. The Bertz CT molecular complexity index is 807. The van der Waals surface area contributed by atoms with Crippen molar-refractivity contribution in [1.29, 1.82) is 0 Å². The van der Waals surface area contributed by atoms with Crippen LogP contribution in [0.25, 0.3) is 0 Å². The molecule has 0 unspecified atom stereocenters. The lowest BCUT2D eigenvalue weighted by molar-refractivity contribution is 0.622. The smallest absolute Gasteiger partial charge is 0.139 e. The van der Waals surface area contributed by atoms with Gasteiger partial charge in [-0.1, -0.05) is 36.4 Å². The van der Waals surface area contributed by atoms with Gasteiger partial charge in [-0.3, -0.25) is 0 Å². The number of nitrogens with zero attached hydrogens (tertiary/aromatic N) is 1. The van der Waals surface area contributed by atoms with Crippen molar-refractivity contribution in [2.45, 2.75) is 5.41 Å². The van der Waals surface area contributed by atoms with Crippen LogP contribution in [0.4, 0.5) is 13.2 Å². The van der Waals surface area contributed by atoms with Gasteiger partial charge in [0.05, 0.1) is 0 Å². The molecule has 0 radical (unpaired) electrons. The minimum Gasteiger partial charge on any atom is -0.384 e. The molecule has 0 aromatic heterocycles. The molecule has 0 heterocycles. The van der Waals surface area contributed by atoms with E-state index in [2.05, 4.69) is 5.10 Å². The molecule has 132 valence electrons. The van der Waals surface area contributed by atoms with E-state index < -0.39 is 22.9 Å². The van der Waals surface area contributed by atoms with E-state index in [1.807, 2.05) is 0 Å². The summed E-state index contributed by atoms with van der Waals surface area (Å²) in [6, 6.07) is 16.9. The molecule has 0 amide bonds. The molecule has 3 nitrogen and oxygen atoms in total. The van der Waals surface area contributed by atoms with Crippen LogP contribution < -0.4 is 11.6 Å². The van der Waals surface area contributed by atoms with Crippen LogP contribution in [0.5, 0.6) is 0 Å². The first-order valence-electron chi connectivity index (χ1n) is 7.80. The summed E-state index contributed by atoms with van der Waals surface area (Å²) in [7, 11) is 0. The van der Waals surface area contributed by atoms with E-state index in [9.17, 15) is 13.2 Å². The van der Waals surface area contributed by atoms with Gasteiger partial charge in [0.15, 0.2) is 0 Å². The average molecular weight is 355 g/mol. The molecule has 6 heteroatoms. The van der Waals surface area contributed by atoms with Gasteiger partial charge in [0.1, 0.15) is 28.7 Å². The molecule has 0 saturated heterocycles. The number of hydrogen-bond donors (Lipinski definition) is 2. The predicted molar refractivity (Wildman–Crippen MR) is 94.9 cm³/mol. The summed E-state index contributed by atoms with van der Waals surface area (Å²) in [5.74, 6) is 4.22. The second-order valence-electron chi connectivity index (χ2n) is 5.79. The molecular formula is C20H16F3N3. The van der Waals surface area contributed by atoms with Gasteiger partial charge >= 0.3 is 0 Å². The fraction of sp³-hybridized carbons (Fsp3) is 0.0500. The number of halogens is 3. The van der Waals surface area contributed by atoms with Gasteiger partial charge in [0.2, 0.25) is 0 Å². The Balaban J connectivity index is 2.39. The molecule has 0 spiro atoms. The van der Waals surface area contributed by atoms with Gasteiger partial charge in [0, 0.05) is 0 Å². The fourth-order valence-corrected chi connectivity index (χ4v) is 3.14. The zero-order valence-electron chi connectivity index (χ0n) is 13.7. The first-order chi connectivity index (χ1) is 12.5. The van der Waals surface area contributed by atoms with Crippen molar-refractivity contribution in [3.63, 3.8) is 0 Å². The molecule has 4 N–H and O–H groups in total. The molecule has 0 aliphatic heterocycles. The maximum atomic E-state index is 13.5. The summed E-state index contributed by atoms with van der Waals surface area (Å²) in [6.07, 6.45) is 0. The highest BCUT2D eigenvalue weighted by Gasteiger charge is 2.41. The molecule has 0 bridgehead atoms. The van der Waals surface area contributed by atoms with Gasteiger partial charge in [-0.2, -0.15) is 5.10 Å². The quantitative estimate of drug-likeness (QED) is 0.247. The predicted octanol–water partition coefficient (Wildman–Crippen LogP) is 3.67. The molecule has 0 atom stereocenters. The summed E-state index contributed by atoms with van der Waals surface area (Å²) in [4.78, 5) is 0. The van der Waals surface area contributed by atoms with E-state index in [0.29, 0.717) is 16.7 Å². The number of hydrogen-bond acceptors (Lipinski definition) is 2. The van der Waals surface area contributed by atoms with Crippen LogP contribution >= 0.6 is 0 Å². The highest BCUT2D eigenvalue weighted by atomic mass is 19.1. The molecule has 26 heavy (non-hydrogen) atoms. The van der Waals surface area contributed by atoms with Crippen molar-refractivity contribution >= 4 is 5.84 Å². The summed E-state index contributed by atoms with van der Waals surface area (Å²) >= 11 is 0. The minimum atomic E-state index is -1.23.